The number of aromatic nitrogens is 2. The Morgan fingerprint density at radius 2 is 1.94 bits per heavy atom. The highest BCUT2D eigenvalue weighted by Crippen LogP contribution is 2.14. The SMILES string of the molecule is COCC(Nc1cnc2ccccc2n1)C(C)C. The summed E-state index contributed by atoms with van der Waals surface area (Å²) in [7, 11) is 1.71. The van der Waals surface area contributed by atoms with Crippen LogP contribution in [0.5, 0.6) is 0 Å². The zero-order valence-electron chi connectivity index (χ0n) is 11.1. The Kier molecular flexibility index (Phi) is 4.10. The van der Waals surface area contributed by atoms with E-state index in [2.05, 4.69) is 29.1 Å². The lowest BCUT2D eigenvalue weighted by atomic mass is 10.1. The van der Waals surface area contributed by atoms with Crippen LogP contribution in [0.1, 0.15) is 13.8 Å². The number of fused-ring (bicyclic) bond motifs is 1. The maximum atomic E-state index is 5.21. The zero-order chi connectivity index (χ0) is 13.0. The van der Waals surface area contributed by atoms with Crippen LogP contribution >= 0.6 is 0 Å². The third kappa shape index (κ3) is 2.96. The fourth-order valence-electron chi connectivity index (χ4n) is 1.80. The van der Waals surface area contributed by atoms with E-state index in [1.54, 1.807) is 13.3 Å². The van der Waals surface area contributed by atoms with E-state index in [1.165, 1.54) is 0 Å². The van der Waals surface area contributed by atoms with Gasteiger partial charge in [0.15, 0.2) is 0 Å². The number of para-hydroxylation sites is 2. The van der Waals surface area contributed by atoms with Gasteiger partial charge in [0, 0.05) is 7.11 Å². The van der Waals surface area contributed by atoms with Crippen LogP contribution in [0, 0.1) is 5.92 Å². The van der Waals surface area contributed by atoms with Crippen molar-refractivity contribution in [2.24, 2.45) is 5.92 Å². The topological polar surface area (TPSA) is 47.0 Å². The Bertz CT molecular complexity index is 513. The first-order chi connectivity index (χ1) is 8.70. The van der Waals surface area contributed by atoms with Gasteiger partial charge in [0.2, 0.25) is 0 Å². The lowest BCUT2D eigenvalue weighted by Gasteiger charge is -2.21. The summed E-state index contributed by atoms with van der Waals surface area (Å²) >= 11 is 0. The van der Waals surface area contributed by atoms with E-state index in [1.807, 2.05) is 24.3 Å². The molecule has 96 valence electrons. The molecule has 0 bridgehead atoms. The molecule has 0 fully saturated rings. The van der Waals surface area contributed by atoms with Crippen molar-refractivity contribution >= 4 is 16.9 Å². The van der Waals surface area contributed by atoms with Gasteiger partial charge in [-0.2, -0.15) is 0 Å². The Morgan fingerprint density at radius 3 is 2.61 bits per heavy atom. The first-order valence-corrected chi connectivity index (χ1v) is 6.18. The number of nitrogens with one attached hydrogen (secondary N) is 1. The molecule has 2 rings (SSSR count). The molecule has 0 radical (unpaired) electrons. The quantitative estimate of drug-likeness (QED) is 0.879. The van der Waals surface area contributed by atoms with Crippen molar-refractivity contribution in [2.45, 2.75) is 19.9 Å². The van der Waals surface area contributed by atoms with Gasteiger partial charge in [-0.05, 0) is 18.1 Å². The van der Waals surface area contributed by atoms with Crippen molar-refractivity contribution in [1.29, 1.82) is 0 Å². The predicted octanol–water partition coefficient (Wildman–Crippen LogP) is 2.71. The van der Waals surface area contributed by atoms with Crippen molar-refractivity contribution in [3.63, 3.8) is 0 Å². The highest BCUT2D eigenvalue weighted by Gasteiger charge is 2.13. The molecule has 1 heterocycles. The number of hydrogen-bond acceptors (Lipinski definition) is 4. The fourth-order valence-corrected chi connectivity index (χ4v) is 1.80. The smallest absolute Gasteiger partial charge is 0.145 e. The van der Waals surface area contributed by atoms with E-state index in [-0.39, 0.29) is 6.04 Å². The minimum atomic E-state index is 0.241. The van der Waals surface area contributed by atoms with Gasteiger partial charge in [-0.15, -0.1) is 0 Å². The van der Waals surface area contributed by atoms with Gasteiger partial charge in [0.25, 0.3) is 0 Å². The molecule has 0 saturated heterocycles. The van der Waals surface area contributed by atoms with E-state index in [4.69, 9.17) is 4.74 Å². The van der Waals surface area contributed by atoms with Crippen molar-refractivity contribution in [1.82, 2.24) is 9.97 Å². The maximum Gasteiger partial charge on any atom is 0.145 e. The minimum Gasteiger partial charge on any atom is -0.383 e. The number of methoxy groups -OCH3 is 1. The molecule has 0 saturated carbocycles. The summed E-state index contributed by atoms with van der Waals surface area (Å²) in [4.78, 5) is 8.94. The van der Waals surface area contributed by atoms with Gasteiger partial charge >= 0.3 is 0 Å². The molecular weight excluding hydrogens is 226 g/mol. The lowest BCUT2D eigenvalue weighted by molar-refractivity contribution is 0.171. The van der Waals surface area contributed by atoms with Crippen LogP contribution in [0.3, 0.4) is 0 Å². The Morgan fingerprint density at radius 1 is 1.22 bits per heavy atom. The second kappa shape index (κ2) is 5.78. The second-order valence-corrected chi connectivity index (χ2v) is 4.69. The minimum absolute atomic E-state index is 0.241. The summed E-state index contributed by atoms with van der Waals surface area (Å²) in [5, 5.41) is 3.37. The highest BCUT2D eigenvalue weighted by atomic mass is 16.5. The van der Waals surface area contributed by atoms with E-state index in [9.17, 15) is 0 Å². The highest BCUT2D eigenvalue weighted by molar-refractivity contribution is 5.75. The molecule has 1 unspecified atom stereocenters. The molecule has 0 amide bonds. The van der Waals surface area contributed by atoms with E-state index in [0.29, 0.717) is 12.5 Å². The van der Waals surface area contributed by atoms with Crippen LogP contribution in [0.4, 0.5) is 5.82 Å². The first kappa shape index (κ1) is 12.8. The molecule has 1 aromatic carbocycles. The number of hydrogen-bond donors (Lipinski definition) is 1. The van der Waals surface area contributed by atoms with Crippen LogP contribution in [0.25, 0.3) is 11.0 Å². The van der Waals surface area contributed by atoms with Gasteiger partial charge in [0.05, 0.1) is 29.9 Å². The number of nitrogens with zero attached hydrogens (tertiary/aromatic N) is 2. The van der Waals surface area contributed by atoms with E-state index >= 15 is 0 Å². The summed E-state index contributed by atoms with van der Waals surface area (Å²) in [5.41, 5.74) is 1.82. The molecule has 4 heteroatoms. The van der Waals surface area contributed by atoms with Gasteiger partial charge in [-0.25, -0.2) is 4.98 Å². The summed E-state index contributed by atoms with van der Waals surface area (Å²) < 4.78 is 5.21. The Labute approximate surface area is 107 Å². The molecule has 0 aliphatic heterocycles. The monoisotopic (exact) mass is 245 g/mol. The normalized spacial score (nSPS) is 12.9. The predicted molar refractivity (Wildman–Crippen MR) is 73.7 cm³/mol. The average Bonchev–Trinajstić information content (AvgIpc) is 2.38. The summed E-state index contributed by atoms with van der Waals surface area (Å²) in [6.45, 7) is 4.97. The van der Waals surface area contributed by atoms with Crippen LogP contribution in [0.15, 0.2) is 30.5 Å². The average molecular weight is 245 g/mol. The summed E-state index contributed by atoms with van der Waals surface area (Å²) in [6, 6.07) is 8.10. The number of rotatable bonds is 5. The molecule has 18 heavy (non-hydrogen) atoms. The number of ether oxygens (including phenoxy) is 1. The van der Waals surface area contributed by atoms with Crippen LogP contribution in [-0.2, 0) is 4.74 Å². The van der Waals surface area contributed by atoms with Crippen molar-refractivity contribution in [3.8, 4) is 0 Å². The van der Waals surface area contributed by atoms with E-state index in [0.717, 1.165) is 16.9 Å². The Balaban J connectivity index is 2.20. The first-order valence-electron chi connectivity index (χ1n) is 6.18. The molecule has 2 aromatic rings. The molecule has 0 aliphatic rings. The molecule has 1 aromatic heterocycles. The van der Waals surface area contributed by atoms with Crippen LogP contribution in [0.2, 0.25) is 0 Å². The van der Waals surface area contributed by atoms with Gasteiger partial charge in [-0.3, -0.25) is 4.98 Å². The van der Waals surface area contributed by atoms with Crippen molar-refractivity contribution in [3.05, 3.63) is 30.5 Å². The van der Waals surface area contributed by atoms with Gasteiger partial charge in [0.1, 0.15) is 5.82 Å². The molecule has 0 spiro atoms. The van der Waals surface area contributed by atoms with E-state index < -0.39 is 0 Å². The number of benzene rings is 1. The lowest BCUT2D eigenvalue weighted by Crippen LogP contribution is -2.30. The third-order valence-corrected chi connectivity index (χ3v) is 2.93. The van der Waals surface area contributed by atoms with Crippen LogP contribution < -0.4 is 5.32 Å². The zero-order valence-corrected chi connectivity index (χ0v) is 11.1. The third-order valence-electron chi connectivity index (χ3n) is 2.93. The van der Waals surface area contributed by atoms with Crippen molar-refractivity contribution in [2.75, 3.05) is 19.0 Å². The standard InChI is InChI=1S/C14H19N3O/c1-10(2)13(9-18-3)17-14-8-15-11-6-4-5-7-12(11)16-14/h4-8,10,13H,9H2,1-3H3,(H,16,17). The molecule has 0 aliphatic carbocycles. The molecule has 4 nitrogen and oxygen atoms in total. The molecular formula is C14H19N3O. The van der Waals surface area contributed by atoms with Crippen LogP contribution in [-0.4, -0.2) is 29.7 Å². The number of anilines is 1. The molecule has 1 N–H and O–H groups in total. The second-order valence-electron chi connectivity index (χ2n) is 4.69. The Hall–Kier alpha value is -1.68. The van der Waals surface area contributed by atoms with Gasteiger partial charge in [-0.1, -0.05) is 26.0 Å². The largest absolute Gasteiger partial charge is 0.383 e. The van der Waals surface area contributed by atoms with Crippen molar-refractivity contribution < 1.29 is 4.74 Å². The summed E-state index contributed by atoms with van der Waals surface area (Å²) in [5.74, 6) is 1.27. The maximum absolute atomic E-state index is 5.21. The van der Waals surface area contributed by atoms with Gasteiger partial charge < -0.3 is 10.1 Å². The fraction of sp³-hybridized carbons (Fsp3) is 0.429. The summed E-state index contributed by atoms with van der Waals surface area (Å²) in [6.07, 6.45) is 1.77. The molecule has 1 atom stereocenters.